The Bertz CT molecular complexity index is 113. The lowest BCUT2D eigenvalue weighted by Crippen LogP contribution is -1.65. The first-order chi connectivity index (χ1) is 2.89. The fraction of sp³-hybridized carbons (Fsp3) is 0.250. The van der Waals surface area contributed by atoms with E-state index in [2.05, 4.69) is 10.2 Å². The third-order valence-corrected chi connectivity index (χ3v) is 0.640. The summed E-state index contributed by atoms with van der Waals surface area (Å²) >= 11 is 0. The Balaban J connectivity index is 0.000000360. The van der Waals surface area contributed by atoms with Gasteiger partial charge >= 0.3 is 0 Å². The molecule has 0 aliphatic rings. The summed E-state index contributed by atoms with van der Waals surface area (Å²) < 4.78 is 0. The van der Waals surface area contributed by atoms with Gasteiger partial charge in [-0.25, -0.2) is 0 Å². The van der Waals surface area contributed by atoms with Crippen molar-refractivity contribution < 1.29 is 0 Å². The molecule has 1 rings (SSSR count). The third-order valence-electron chi connectivity index (χ3n) is 0.640. The van der Waals surface area contributed by atoms with Crippen LogP contribution in [-0.2, 0) is 0 Å². The van der Waals surface area contributed by atoms with Crippen molar-refractivity contribution in [1.82, 2.24) is 10.2 Å². The van der Waals surface area contributed by atoms with Crippen molar-refractivity contribution in [2.75, 3.05) is 0 Å². The molecule has 1 N–H and O–H groups in total. The predicted octanol–water partition coefficient (Wildman–Crippen LogP) is -0.466. The molecule has 0 aliphatic carbocycles. The normalized spacial score (nSPS) is 7.57. The summed E-state index contributed by atoms with van der Waals surface area (Å²) in [7, 11) is 0. The van der Waals surface area contributed by atoms with E-state index in [4.69, 9.17) is 0 Å². The Morgan fingerprint density at radius 3 is 2.57 bits per heavy atom. The first kappa shape index (κ1) is 6.27. The van der Waals surface area contributed by atoms with Crippen molar-refractivity contribution >= 4 is 8.41 Å². The van der Waals surface area contributed by atoms with Gasteiger partial charge in [0.1, 0.15) is 0 Å². The van der Waals surface area contributed by atoms with Crippen LogP contribution < -0.4 is 0 Å². The number of nitrogens with zero attached hydrogens (tertiary/aromatic N) is 1. The zero-order valence-electron chi connectivity index (χ0n) is 3.60. The number of aromatic amines is 1. The van der Waals surface area contributed by atoms with Crippen molar-refractivity contribution in [1.29, 1.82) is 0 Å². The highest BCUT2D eigenvalue weighted by Crippen LogP contribution is 1.82. The van der Waals surface area contributed by atoms with Crippen LogP contribution in [0.4, 0.5) is 0 Å². The van der Waals surface area contributed by atoms with Crippen LogP contribution in [-0.4, -0.2) is 18.6 Å². The van der Waals surface area contributed by atoms with Crippen LogP contribution in [0.3, 0.4) is 0 Å². The topological polar surface area (TPSA) is 28.7 Å². The molecule has 0 saturated carbocycles. The summed E-state index contributed by atoms with van der Waals surface area (Å²) in [6, 6.07) is 1.92. The van der Waals surface area contributed by atoms with Gasteiger partial charge in [-0.05, 0) is 13.0 Å². The molecule has 0 spiro atoms. The van der Waals surface area contributed by atoms with E-state index in [-0.39, 0.29) is 8.41 Å². The Labute approximate surface area is 44.5 Å². The molecule has 38 valence electrons. The van der Waals surface area contributed by atoms with E-state index < -0.39 is 0 Å². The van der Waals surface area contributed by atoms with Gasteiger partial charge in [-0.2, -0.15) is 5.10 Å². The maximum atomic E-state index is 3.79. The van der Waals surface area contributed by atoms with Crippen molar-refractivity contribution in [3.63, 3.8) is 0 Å². The Kier molecular flexibility index (Phi) is 2.19. The van der Waals surface area contributed by atoms with Crippen molar-refractivity contribution in [3.8, 4) is 0 Å². The highest BCUT2D eigenvalue weighted by Gasteiger charge is 1.74. The molecular formula is C4H9BN2. The second-order valence-electron chi connectivity index (χ2n) is 1.22. The molecule has 1 aromatic heterocycles. The van der Waals surface area contributed by atoms with Crippen LogP contribution in [0.5, 0.6) is 0 Å². The molecule has 0 aromatic carbocycles. The molecule has 0 fully saturated rings. The van der Waals surface area contributed by atoms with Gasteiger partial charge in [0, 0.05) is 6.20 Å². The molecule has 0 bridgehead atoms. The van der Waals surface area contributed by atoms with Crippen molar-refractivity contribution in [2.24, 2.45) is 0 Å². The van der Waals surface area contributed by atoms with Crippen LogP contribution in [0.2, 0.25) is 0 Å². The van der Waals surface area contributed by atoms with Crippen molar-refractivity contribution in [2.45, 2.75) is 6.92 Å². The second kappa shape index (κ2) is 2.45. The number of aryl methyl sites for hydroxylation is 1. The summed E-state index contributed by atoms with van der Waals surface area (Å²) in [5.74, 6) is 0. The van der Waals surface area contributed by atoms with Crippen LogP contribution >= 0.6 is 0 Å². The highest BCUT2D eigenvalue weighted by atomic mass is 15.1. The molecular weight excluding hydrogens is 86.9 g/mol. The van der Waals surface area contributed by atoms with Crippen LogP contribution in [0.25, 0.3) is 0 Å². The van der Waals surface area contributed by atoms with E-state index in [0.717, 1.165) is 5.69 Å². The maximum Gasteiger partial charge on any atom is 0.0814 e. The lowest BCUT2D eigenvalue weighted by Gasteiger charge is -1.65. The number of hydrogen-bond acceptors (Lipinski definition) is 1. The fourth-order valence-corrected chi connectivity index (χ4v) is 0.334. The van der Waals surface area contributed by atoms with Gasteiger partial charge in [0.2, 0.25) is 0 Å². The molecule has 0 atom stereocenters. The largest absolute Gasteiger partial charge is 0.285 e. The SMILES string of the molecule is B.Cc1cc[nH]n1. The molecule has 7 heavy (non-hydrogen) atoms. The molecule has 0 aliphatic heterocycles. The van der Waals surface area contributed by atoms with Gasteiger partial charge in [0.15, 0.2) is 0 Å². The smallest absolute Gasteiger partial charge is 0.0814 e. The zero-order chi connectivity index (χ0) is 4.41. The number of H-pyrrole nitrogens is 1. The average molecular weight is 95.9 g/mol. The lowest BCUT2D eigenvalue weighted by molar-refractivity contribution is 1.05. The van der Waals surface area contributed by atoms with Crippen LogP contribution in [0, 0.1) is 6.92 Å². The van der Waals surface area contributed by atoms with Crippen LogP contribution in [0.1, 0.15) is 5.69 Å². The van der Waals surface area contributed by atoms with Crippen LogP contribution in [0.15, 0.2) is 12.3 Å². The molecule has 0 unspecified atom stereocenters. The van der Waals surface area contributed by atoms with Gasteiger partial charge in [0.05, 0.1) is 14.1 Å². The average Bonchev–Trinajstić information content (AvgIpc) is 1.86. The number of nitrogens with one attached hydrogen (secondary N) is 1. The highest BCUT2D eigenvalue weighted by molar-refractivity contribution is 5.75. The minimum absolute atomic E-state index is 0. The minimum Gasteiger partial charge on any atom is -0.285 e. The molecule has 1 heterocycles. The summed E-state index contributed by atoms with van der Waals surface area (Å²) in [6.07, 6.45) is 1.80. The minimum atomic E-state index is 0. The van der Waals surface area contributed by atoms with Gasteiger partial charge in [-0.1, -0.05) is 0 Å². The molecule has 3 heteroatoms. The van der Waals surface area contributed by atoms with Gasteiger partial charge < -0.3 is 0 Å². The second-order valence-corrected chi connectivity index (χ2v) is 1.22. The summed E-state index contributed by atoms with van der Waals surface area (Å²) in [6.45, 7) is 1.94. The third kappa shape index (κ3) is 1.44. The van der Waals surface area contributed by atoms with E-state index in [9.17, 15) is 0 Å². The lowest BCUT2D eigenvalue weighted by atomic mass is 10.5. The Morgan fingerprint density at radius 1 is 1.71 bits per heavy atom. The monoisotopic (exact) mass is 96.1 g/mol. The number of hydrogen-bond donors (Lipinski definition) is 1. The zero-order valence-corrected chi connectivity index (χ0v) is 3.60. The van der Waals surface area contributed by atoms with E-state index >= 15 is 0 Å². The summed E-state index contributed by atoms with van der Waals surface area (Å²) in [4.78, 5) is 0. The number of aromatic nitrogens is 2. The van der Waals surface area contributed by atoms with E-state index in [1.165, 1.54) is 0 Å². The first-order valence-electron chi connectivity index (χ1n) is 1.86. The molecule has 0 radical (unpaired) electrons. The van der Waals surface area contributed by atoms with E-state index in [0.29, 0.717) is 0 Å². The Morgan fingerprint density at radius 2 is 2.43 bits per heavy atom. The van der Waals surface area contributed by atoms with Gasteiger partial charge in [-0.15, -0.1) is 0 Å². The molecule has 2 nitrogen and oxygen atoms in total. The van der Waals surface area contributed by atoms with Crippen molar-refractivity contribution in [3.05, 3.63) is 18.0 Å². The quantitative estimate of drug-likeness (QED) is 0.434. The number of rotatable bonds is 0. The Hall–Kier alpha value is -0.725. The predicted molar refractivity (Wildman–Crippen MR) is 33.3 cm³/mol. The molecule has 1 aromatic rings. The standard InChI is InChI=1S/C4H6N2.BH3/c1-4-2-3-5-6-4;/h2-3H,1H3,(H,5,6);1H3. The van der Waals surface area contributed by atoms with E-state index in [1.54, 1.807) is 6.20 Å². The molecule has 0 amide bonds. The summed E-state index contributed by atoms with van der Waals surface area (Å²) in [5.41, 5.74) is 1.04. The fourth-order valence-electron chi connectivity index (χ4n) is 0.334. The summed E-state index contributed by atoms with van der Waals surface area (Å²) in [5, 5.41) is 6.47. The van der Waals surface area contributed by atoms with Gasteiger partial charge in [-0.3, -0.25) is 5.10 Å². The maximum absolute atomic E-state index is 3.79. The van der Waals surface area contributed by atoms with E-state index in [1.807, 2.05) is 13.0 Å². The van der Waals surface area contributed by atoms with Gasteiger partial charge in [0.25, 0.3) is 0 Å². The molecule has 0 saturated heterocycles. The first-order valence-corrected chi connectivity index (χ1v) is 1.86.